The number of carbonyl (C=O) groups is 1. The minimum atomic E-state index is -0.0896. The van der Waals surface area contributed by atoms with Crippen molar-refractivity contribution < 1.29 is 4.79 Å². The van der Waals surface area contributed by atoms with Crippen LogP contribution in [0.1, 0.15) is 15.9 Å². The topological polar surface area (TPSA) is 34.9 Å². The molecule has 3 rings (SSSR count). The van der Waals surface area contributed by atoms with Crippen LogP contribution >= 0.6 is 11.8 Å². The SMILES string of the molecule is C#CCSc1nc2ccccc2n1C(=O)c1ccc(C)cc1. The molecule has 0 aliphatic carbocycles. The van der Waals surface area contributed by atoms with E-state index in [9.17, 15) is 4.79 Å². The Hall–Kier alpha value is -2.51. The highest BCUT2D eigenvalue weighted by Crippen LogP contribution is 2.25. The number of fused-ring (bicyclic) bond motifs is 1. The number of para-hydroxylation sites is 2. The number of nitrogens with zero attached hydrogens (tertiary/aromatic N) is 2. The molecule has 0 saturated heterocycles. The Bertz CT molecular complexity index is 872. The Morgan fingerprint density at radius 1 is 1.23 bits per heavy atom. The van der Waals surface area contributed by atoms with Gasteiger partial charge >= 0.3 is 0 Å². The van der Waals surface area contributed by atoms with E-state index >= 15 is 0 Å². The minimum Gasteiger partial charge on any atom is -0.268 e. The molecule has 0 aliphatic heterocycles. The summed E-state index contributed by atoms with van der Waals surface area (Å²) < 4.78 is 1.64. The van der Waals surface area contributed by atoms with Gasteiger partial charge in [0.1, 0.15) is 0 Å². The van der Waals surface area contributed by atoms with Crippen LogP contribution in [0.5, 0.6) is 0 Å². The summed E-state index contributed by atoms with van der Waals surface area (Å²) in [5.74, 6) is 2.96. The molecule has 1 heterocycles. The Morgan fingerprint density at radius 3 is 2.68 bits per heavy atom. The molecule has 0 aliphatic rings. The molecule has 0 bridgehead atoms. The summed E-state index contributed by atoms with van der Waals surface area (Å²) in [6.07, 6.45) is 5.33. The van der Waals surface area contributed by atoms with E-state index in [4.69, 9.17) is 6.42 Å². The maximum Gasteiger partial charge on any atom is 0.264 e. The van der Waals surface area contributed by atoms with Gasteiger partial charge in [-0.05, 0) is 31.2 Å². The van der Waals surface area contributed by atoms with Crippen molar-refractivity contribution in [1.82, 2.24) is 9.55 Å². The molecule has 3 aromatic rings. The molecule has 0 radical (unpaired) electrons. The van der Waals surface area contributed by atoms with E-state index in [1.807, 2.05) is 55.5 Å². The first-order valence-corrected chi connectivity index (χ1v) is 7.84. The third kappa shape index (κ3) is 2.63. The van der Waals surface area contributed by atoms with E-state index < -0.39 is 0 Å². The van der Waals surface area contributed by atoms with Crippen LogP contribution < -0.4 is 0 Å². The lowest BCUT2D eigenvalue weighted by Gasteiger charge is -2.07. The molecule has 0 N–H and O–H groups in total. The van der Waals surface area contributed by atoms with Gasteiger partial charge in [-0.15, -0.1) is 6.42 Å². The van der Waals surface area contributed by atoms with Gasteiger partial charge in [0.2, 0.25) is 0 Å². The molecule has 0 amide bonds. The molecule has 0 fully saturated rings. The number of aryl methyl sites for hydroxylation is 1. The largest absolute Gasteiger partial charge is 0.268 e. The Morgan fingerprint density at radius 2 is 1.95 bits per heavy atom. The molecule has 1 aromatic heterocycles. The number of aromatic nitrogens is 2. The zero-order chi connectivity index (χ0) is 15.5. The van der Waals surface area contributed by atoms with Gasteiger partial charge in [-0.25, -0.2) is 4.98 Å². The quantitative estimate of drug-likeness (QED) is 0.546. The van der Waals surface area contributed by atoms with E-state index in [1.54, 1.807) is 4.57 Å². The van der Waals surface area contributed by atoms with Crippen molar-refractivity contribution in [3.63, 3.8) is 0 Å². The summed E-state index contributed by atoms with van der Waals surface area (Å²) in [5, 5.41) is 0.629. The zero-order valence-corrected chi connectivity index (χ0v) is 12.9. The number of imidazole rings is 1. The number of terminal acetylenes is 1. The standard InChI is InChI=1S/C18H14N2OS/c1-3-12-22-18-19-15-6-4-5-7-16(15)20(18)17(21)14-10-8-13(2)9-11-14/h1,4-11H,12H2,2H3. The molecular formula is C18H14N2OS. The average Bonchev–Trinajstić information content (AvgIpc) is 2.91. The lowest BCUT2D eigenvalue weighted by Crippen LogP contribution is -2.13. The highest BCUT2D eigenvalue weighted by Gasteiger charge is 2.18. The van der Waals surface area contributed by atoms with Crippen LogP contribution in [-0.4, -0.2) is 21.2 Å². The van der Waals surface area contributed by atoms with Crippen molar-refractivity contribution >= 4 is 28.7 Å². The van der Waals surface area contributed by atoms with Crippen molar-refractivity contribution in [1.29, 1.82) is 0 Å². The summed E-state index contributed by atoms with van der Waals surface area (Å²) in [7, 11) is 0. The third-order valence-corrected chi connectivity index (χ3v) is 4.16. The molecule has 22 heavy (non-hydrogen) atoms. The van der Waals surface area contributed by atoms with E-state index in [2.05, 4.69) is 10.9 Å². The number of hydrogen-bond donors (Lipinski definition) is 0. The van der Waals surface area contributed by atoms with Crippen LogP contribution in [0.3, 0.4) is 0 Å². The lowest BCUT2D eigenvalue weighted by molar-refractivity contribution is 0.0955. The van der Waals surface area contributed by atoms with E-state index in [0.29, 0.717) is 16.5 Å². The van der Waals surface area contributed by atoms with Crippen molar-refractivity contribution in [3.8, 4) is 12.3 Å². The first-order valence-electron chi connectivity index (χ1n) is 6.86. The fourth-order valence-corrected chi connectivity index (χ4v) is 2.91. The number of rotatable bonds is 3. The predicted octanol–water partition coefficient (Wildman–Crippen LogP) is 3.76. The van der Waals surface area contributed by atoms with Crippen molar-refractivity contribution in [2.75, 3.05) is 5.75 Å². The summed E-state index contributed by atoms with van der Waals surface area (Å²) in [6.45, 7) is 2.00. The van der Waals surface area contributed by atoms with Gasteiger partial charge < -0.3 is 0 Å². The van der Waals surface area contributed by atoms with E-state index in [-0.39, 0.29) is 5.91 Å². The predicted molar refractivity (Wildman–Crippen MR) is 90.2 cm³/mol. The number of hydrogen-bond acceptors (Lipinski definition) is 3. The maximum absolute atomic E-state index is 12.9. The number of benzene rings is 2. The highest BCUT2D eigenvalue weighted by molar-refractivity contribution is 7.99. The Balaban J connectivity index is 2.13. The monoisotopic (exact) mass is 306 g/mol. The van der Waals surface area contributed by atoms with Crippen molar-refractivity contribution in [2.45, 2.75) is 12.1 Å². The van der Waals surface area contributed by atoms with Crippen LogP contribution in [0.25, 0.3) is 11.0 Å². The minimum absolute atomic E-state index is 0.0896. The van der Waals surface area contributed by atoms with Crippen LogP contribution in [0.15, 0.2) is 53.7 Å². The fraction of sp³-hybridized carbons (Fsp3) is 0.111. The molecule has 4 heteroatoms. The molecule has 0 unspecified atom stereocenters. The van der Waals surface area contributed by atoms with Crippen LogP contribution in [0, 0.1) is 19.3 Å². The zero-order valence-electron chi connectivity index (χ0n) is 12.1. The van der Waals surface area contributed by atoms with Crippen LogP contribution in [-0.2, 0) is 0 Å². The second-order valence-corrected chi connectivity index (χ2v) is 5.82. The fourth-order valence-electron chi connectivity index (χ4n) is 2.23. The van der Waals surface area contributed by atoms with Gasteiger partial charge in [0, 0.05) is 5.56 Å². The van der Waals surface area contributed by atoms with Crippen LogP contribution in [0.2, 0.25) is 0 Å². The van der Waals surface area contributed by atoms with E-state index in [1.165, 1.54) is 11.8 Å². The summed E-state index contributed by atoms with van der Waals surface area (Å²) >= 11 is 1.39. The normalized spacial score (nSPS) is 10.5. The second kappa shape index (κ2) is 6.08. The molecule has 2 aromatic carbocycles. The first-order chi connectivity index (χ1) is 10.7. The van der Waals surface area contributed by atoms with Gasteiger partial charge in [0.05, 0.1) is 16.8 Å². The number of thioether (sulfide) groups is 1. The maximum atomic E-state index is 12.9. The lowest BCUT2D eigenvalue weighted by atomic mass is 10.1. The highest BCUT2D eigenvalue weighted by atomic mass is 32.2. The smallest absolute Gasteiger partial charge is 0.264 e. The van der Waals surface area contributed by atoms with Gasteiger partial charge in [-0.1, -0.05) is 47.5 Å². The molecule has 0 atom stereocenters. The molecular weight excluding hydrogens is 292 g/mol. The molecule has 0 spiro atoms. The van der Waals surface area contributed by atoms with Gasteiger partial charge in [-0.2, -0.15) is 0 Å². The van der Waals surface area contributed by atoms with Gasteiger partial charge in [0.25, 0.3) is 5.91 Å². The van der Waals surface area contributed by atoms with Gasteiger partial charge in [0.15, 0.2) is 5.16 Å². The van der Waals surface area contributed by atoms with Crippen LogP contribution in [0.4, 0.5) is 0 Å². The molecule has 0 saturated carbocycles. The first kappa shape index (κ1) is 14.4. The summed E-state index contributed by atoms with van der Waals surface area (Å²) in [4.78, 5) is 17.4. The average molecular weight is 306 g/mol. The summed E-state index contributed by atoms with van der Waals surface area (Å²) in [5.41, 5.74) is 3.35. The molecule has 108 valence electrons. The van der Waals surface area contributed by atoms with E-state index in [0.717, 1.165) is 16.6 Å². The second-order valence-electron chi connectivity index (χ2n) is 4.88. The Labute approximate surface area is 133 Å². The summed E-state index contributed by atoms with van der Waals surface area (Å²) in [6, 6.07) is 15.1. The number of carbonyl (C=O) groups excluding carboxylic acids is 1. The van der Waals surface area contributed by atoms with Crippen molar-refractivity contribution in [3.05, 3.63) is 59.7 Å². The van der Waals surface area contributed by atoms with Crippen molar-refractivity contribution in [2.24, 2.45) is 0 Å². The van der Waals surface area contributed by atoms with Gasteiger partial charge in [-0.3, -0.25) is 9.36 Å². The Kier molecular flexibility index (Phi) is 3.99. The molecule has 3 nitrogen and oxygen atoms in total. The third-order valence-electron chi connectivity index (χ3n) is 3.32.